The molecule has 72 valence electrons. The molecule has 2 aromatic rings. The van der Waals surface area contributed by atoms with Gasteiger partial charge in [-0.3, -0.25) is 4.79 Å². The Morgan fingerprint density at radius 3 is 2.86 bits per heavy atom. The van der Waals surface area contributed by atoms with E-state index in [0.717, 1.165) is 5.56 Å². The number of hydrogen-bond donors (Lipinski definition) is 0. The summed E-state index contributed by atoms with van der Waals surface area (Å²) < 4.78 is 5.66. The monoisotopic (exact) mass is 272 g/mol. The summed E-state index contributed by atoms with van der Waals surface area (Å²) in [6.45, 7) is 1.86. The molecular weight excluding hydrogens is 267 g/mol. The van der Waals surface area contributed by atoms with Crippen molar-refractivity contribution in [2.24, 2.45) is 0 Å². The molecule has 0 radical (unpaired) electrons. The molecule has 0 spiro atoms. The van der Waals surface area contributed by atoms with Crippen molar-refractivity contribution in [1.82, 2.24) is 0 Å². The average molecular weight is 274 g/mol. The molecule has 2 nitrogen and oxygen atoms in total. The second-order valence-corrected chi connectivity index (χ2v) is 4.27. The van der Waals surface area contributed by atoms with Crippen LogP contribution in [0.1, 0.15) is 5.56 Å². The summed E-state index contributed by atoms with van der Waals surface area (Å²) in [7, 11) is 0. The fourth-order valence-electron chi connectivity index (χ4n) is 1.23. The Balaban J connectivity index is 2.97. The van der Waals surface area contributed by atoms with Gasteiger partial charge in [0.1, 0.15) is 16.3 Å². The molecule has 0 aliphatic rings. The van der Waals surface area contributed by atoms with Crippen LogP contribution in [0.5, 0.6) is 0 Å². The van der Waals surface area contributed by atoms with E-state index in [1.165, 1.54) is 6.26 Å². The Morgan fingerprint density at radius 2 is 2.14 bits per heavy atom. The lowest BCUT2D eigenvalue weighted by Gasteiger charge is -2.00. The standard InChI is InChI=1S/C10H6BrClO2/c1-5-2-9-6(3-8(5)12)10(13)7(11)4-14-9/h2-4H,1H3. The SMILES string of the molecule is Cc1cc2occ(Br)c(=O)c2cc1Cl. The first-order chi connectivity index (χ1) is 6.59. The number of benzene rings is 1. The molecule has 0 aliphatic carbocycles. The third-order valence-corrected chi connectivity index (χ3v) is 2.97. The molecular formula is C10H6BrClO2. The molecule has 1 aromatic heterocycles. The van der Waals surface area contributed by atoms with Crippen molar-refractivity contribution in [2.75, 3.05) is 0 Å². The molecule has 1 aromatic carbocycles. The molecule has 0 bridgehead atoms. The van der Waals surface area contributed by atoms with Crippen molar-refractivity contribution in [3.05, 3.63) is 43.7 Å². The molecule has 0 atom stereocenters. The van der Waals surface area contributed by atoms with Crippen LogP contribution in [-0.2, 0) is 0 Å². The first-order valence-electron chi connectivity index (χ1n) is 3.97. The van der Waals surface area contributed by atoms with Crippen molar-refractivity contribution in [3.8, 4) is 0 Å². The zero-order valence-electron chi connectivity index (χ0n) is 7.30. The number of halogens is 2. The van der Waals surface area contributed by atoms with Gasteiger partial charge in [-0.1, -0.05) is 11.6 Å². The Bertz CT molecular complexity index is 560. The van der Waals surface area contributed by atoms with Crippen LogP contribution < -0.4 is 5.43 Å². The highest BCUT2D eigenvalue weighted by Gasteiger charge is 2.06. The zero-order chi connectivity index (χ0) is 10.3. The second kappa shape index (κ2) is 3.41. The Labute approximate surface area is 93.6 Å². The lowest BCUT2D eigenvalue weighted by atomic mass is 10.1. The summed E-state index contributed by atoms with van der Waals surface area (Å²) in [5.41, 5.74) is 1.35. The van der Waals surface area contributed by atoms with Crippen molar-refractivity contribution >= 4 is 38.5 Å². The third kappa shape index (κ3) is 1.47. The van der Waals surface area contributed by atoms with Crippen LogP contribution in [0.2, 0.25) is 5.02 Å². The highest BCUT2D eigenvalue weighted by atomic mass is 79.9. The molecule has 0 unspecified atom stereocenters. The Kier molecular flexibility index (Phi) is 2.37. The van der Waals surface area contributed by atoms with E-state index in [1.54, 1.807) is 12.1 Å². The van der Waals surface area contributed by atoms with Gasteiger partial charge in [0, 0.05) is 5.02 Å². The van der Waals surface area contributed by atoms with Crippen LogP contribution in [0.25, 0.3) is 11.0 Å². The van der Waals surface area contributed by atoms with Crippen LogP contribution in [0.3, 0.4) is 0 Å². The molecule has 0 saturated carbocycles. The lowest BCUT2D eigenvalue weighted by Crippen LogP contribution is -2.01. The second-order valence-electron chi connectivity index (χ2n) is 3.01. The van der Waals surface area contributed by atoms with Gasteiger partial charge in [-0.15, -0.1) is 0 Å². The molecule has 1 heterocycles. The van der Waals surface area contributed by atoms with Gasteiger partial charge in [-0.05, 0) is 40.5 Å². The van der Waals surface area contributed by atoms with Crippen molar-refractivity contribution in [2.45, 2.75) is 6.92 Å². The fourth-order valence-corrected chi connectivity index (χ4v) is 1.70. The molecule has 2 rings (SSSR count). The third-order valence-electron chi connectivity index (χ3n) is 2.01. The number of rotatable bonds is 0. The number of aryl methyl sites for hydroxylation is 1. The van der Waals surface area contributed by atoms with Crippen molar-refractivity contribution in [1.29, 1.82) is 0 Å². The predicted octanol–water partition coefficient (Wildman–Crippen LogP) is 3.52. The van der Waals surface area contributed by atoms with Crippen LogP contribution in [0.4, 0.5) is 0 Å². The van der Waals surface area contributed by atoms with Gasteiger partial charge in [0.25, 0.3) is 0 Å². The van der Waals surface area contributed by atoms with Gasteiger partial charge >= 0.3 is 0 Å². The summed E-state index contributed by atoms with van der Waals surface area (Å²) in [5, 5.41) is 1.07. The van der Waals surface area contributed by atoms with Gasteiger partial charge in [0.2, 0.25) is 5.43 Å². The van der Waals surface area contributed by atoms with E-state index >= 15 is 0 Å². The first-order valence-corrected chi connectivity index (χ1v) is 5.14. The van der Waals surface area contributed by atoms with Crippen LogP contribution in [-0.4, -0.2) is 0 Å². The predicted molar refractivity (Wildman–Crippen MR) is 59.9 cm³/mol. The van der Waals surface area contributed by atoms with Gasteiger partial charge in [-0.25, -0.2) is 0 Å². The van der Waals surface area contributed by atoms with Gasteiger partial charge in [-0.2, -0.15) is 0 Å². The highest BCUT2D eigenvalue weighted by Crippen LogP contribution is 2.22. The normalized spacial score (nSPS) is 10.8. The molecule has 0 N–H and O–H groups in total. The van der Waals surface area contributed by atoms with E-state index < -0.39 is 0 Å². The average Bonchev–Trinajstić information content (AvgIpc) is 2.15. The van der Waals surface area contributed by atoms with Crippen LogP contribution in [0, 0.1) is 6.92 Å². The van der Waals surface area contributed by atoms with Crippen molar-refractivity contribution < 1.29 is 4.42 Å². The van der Waals surface area contributed by atoms with Crippen LogP contribution in [0.15, 0.2) is 32.1 Å². The maximum absolute atomic E-state index is 11.6. The fraction of sp³-hybridized carbons (Fsp3) is 0.100. The number of hydrogen-bond acceptors (Lipinski definition) is 2. The summed E-state index contributed by atoms with van der Waals surface area (Å²) in [4.78, 5) is 11.6. The van der Waals surface area contributed by atoms with Crippen molar-refractivity contribution in [3.63, 3.8) is 0 Å². The molecule has 14 heavy (non-hydrogen) atoms. The van der Waals surface area contributed by atoms with Gasteiger partial charge < -0.3 is 4.42 Å². The molecule has 0 saturated heterocycles. The van der Waals surface area contributed by atoms with E-state index in [-0.39, 0.29) is 5.43 Å². The summed E-state index contributed by atoms with van der Waals surface area (Å²) in [6, 6.07) is 3.38. The lowest BCUT2D eigenvalue weighted by molar-refractivity contribution is 0.598. The number of fused-ring (bicyclic) bond motifs is 1. The van der Waals surface area contributed by atoms with E-state index in [9.17, 15) is 4.79 Å². The molecule has 4 heteroatoms. The first kappa shape index (κ1) is 9.74. The maximum atomic E-state index is 11.6. The largest absolute Gasteiger partial charge is 0.463 e. The quantitative estimate of drug-likeness (QED) is 0.735. The van der Waals surface area contributed by atoms with E-state index in [1.807, 2.05) is 6.92 Å². The highest BCUT2D eigenvalue weighted by molar-refractivity contribution is 9.10. The zero-order valence-corrected chi connectivity index (χ0v) is 9.65. The maximum Gasteiger partial charge on any atom is 0.206 e. The van der Waals surface area contributed by atoms with E-state index in [4.69, 9.17) is 16.0 Å². The van der Waals surface area contributed by atoms with E-state index in [0.29, 0.717) is 20.5 Å². The minimum atomic E-state index is -0.104. The summed E-state index contributed by atoms with van der Waals surface area (Å²) >= 11 is 9.03. The summed E-state index contributed by atoms with van der Waals surface area (Å²) in [6.07, 6.45) is 1.39. The summed E-state index contributed by atoms with van der Waals surface area (Å²) in [5.74, 6) is 0. The molecule has 0 aliphatic heterocycles. The smallest absolute Gasteiger partial charge is 0.206 e. The van der Waals surface area contributed by atoms with E-state index in [2.05, 4.69) is 15.9 Å². The molecule has 0 amide bonds. The molecule has 0 fully saturated rings. The minimum Gasteiger partial charge on any atom is -0.463 e. The van der Waals surface area contributed by atoms with Gasteiger partial charge in [0.05, 0.1) is 5.39 Å². The topological polar surface area (TPSA) is 30.2 Å². The Morgan fingerprint density at radius 1 is 1.43 bits per heavy atom. The van der Waals surface area contributed by atoms with Crippen LogP contribution >= 0.6 is 27.5 Å². The van der Waals surface area contributed by atoms with Gasteiger partial charge in [0.15, 0.2) is 0 Å². The minimum absolute atomic E-state index is 0.104. The Hall–Kier alpha value is -0.800.